The van der Waals surface area contributed by atoms with Gasteiger partial charge >= 0.3 is 0 Å². The molecular formula is C17H27N3OS. The zero-order valence-corrected chi connectivity index (χ0v) is 14.3. The van der Waals surface area contributed by atoms with E-state index in [1.807, 2.05) is 12.3 Å². The Labute approximate surface area is 137 Å². The van der Waals surface area contributed by atoms with E-state index in [0.29, 0.717) is 6.04 Å². The zero-order chi connectivity index (χ0) is 15.9. The summed E-state index contributed by atoms with van der Waals surface area (Å²) in [4.78, 5) is 14.5. The normalized spacial score (nSPS) is 23.4. The third kappa shape index (κ3) is 5.00. The summed E-state index contributed by atoms with van der Waals surface area (Å²) in [6.45, 7) is 4.06. The highest BCUT2D eigenvalue weighted by Gasteiger charge is 2.30. The molecule has 1 fully saturated rings. The van der Waals surface area contributed by atoms with E-state index >= 15 is 0 Å². The van der Waals surface area contributed by atoms with Crippen molar-refractivity contribution in [2.24, 2.45) is 5.73 Å². The maximum Gasteiger partial charge on any atom is 0.237 e. The van der Waals surface area contributed by atoms with Gasteiger partial charge in [0.2, 0.25) is 5.91 Å². The van der Waals surface area contributed by atoms with Gasteiger partial charge in [-0.3, -0.25) is 9.69 Å². The van der Waals surface area contributed by atoms with Crippen LogP contribution in [-0.4, -0.2) is 47.5 Å². The lowest BCUT2D eigenvalue weighted by molar-refractivity contribution is -0.123. The minimum atomic E-state index is -0.383. The van der Waals surface area contributed by atoms with Crippen LogP contribution in [0.25, 0.3) is 0 Å². The van der Waals surface area contributed by atoms with Crippen LogP contribution < -0.4 is 11.1 Å². The third-order valence-corrected chi connectivity index (χ3v) is 4.89. The molecule has 0 radical (unpaired) electrons. The predicted molar refractivity (Wildman–Crippen MR) is 93.8 cm³/mol. The average molecular weight is 321 g/mol. The summed E-state index contributed by atoms with van der Waals surface area (Å²) in [5.74, 6) is 0.920. The first-order chi connectivity index (χ1) is 10.6. The molecule has 0 aliphatic carbocycles. The fourth-order valence-electron chi connectivity index (χ4n) is 2.93. The monoisotopic (exact) mass is 321 g/mol. The number of thioether (sulfide) groups is 1. The molecule has 22 heavy (non-hydrogen) atoms. The fraction of sp³-hybridized carbons (Fsp3) is 0.588. The van der Waals surface area contributed by atoms with Crippen molar-refractivity contribution in [1.29, 1.82) is 0 Å². The van der Waals surface area contributed by atoms with Crippen molar-refractivity contribution in [3.8, 4) is 0 Å². The molecule has 1 amide bonds. The molecular weight excluding hydrogens is 294 g/mol. The summed E-state index contributed by atoms with van der Waals surface area (Å²) in [6.07, 6.45) is 3.77. The standard InChI is InChI=1S/C17H27N3OS/c1-13-10-15(19-17(21)16(18)8-9-22-2)12-20(13)11-14-6-4-3-5-7-14/h3-7,13,15-16H,8-12,18H2,1-2H3,(H,19,21)/t13?,15?,16-/m0/s1. The predicted octanol–water partition coefficient (Wildman–Crippen LogP) is 1.85. The molecule has 0 spiro atoms. The summed E-state index contributed by atoms with van der Waals surface area (Å²) in [7, 11) is 0. The average Bonchev–Trinajstić information content (AvgIpc) is 2.85. The summed E-state index contributed by atoms with van der Waals surface area (Å²) in [5.41, 5.74) is 7.25. The van der Waals surface area contributed by atoms with Crippen molar-refractivity contribution in [3.05, 3.63) is 35.9 Å². The van der Waals surface area contributed by atoms with E-state index in [2.05, 4.69) is 41.4 Å². The maximum atomic E-state index is 12.1. The molecule has 1 saturated heterocycles. The minimum Gasteiger partial charge on any atom is -0.351 e. The van der Waals surface area contributed by atoms with E-state index in [9.17, 15) is 4.79 Å². The van der Waals surface area contributed by atoms with Crippen LogP contribution >= 0.6 is 11.8 Å². The number of likely N-dealkylation sites (tertiary alicyclic amines) is 1. The molecule has 0 aromatic heterocycles. The largest absolute Gasteiger partial charge is 0.351 e. The van der Waals surface area contributed by atoms with E-state index in [0.717, 1.165) is 31.7 Å². The van der Waals surface area contributed by atoms with E-state index in [1.54, 1.807) is 11.8 Å². The molecule has 2 unspecified atom stereocenters. The summed E-state index contributed by atoms with van der Waals surface area (Å²) in [6, 6.07) is 10.8. The van der Waals surface area contributed by atoms with Crippen molar-refractivity contribution in [2.75, 3.05) is 18.6 Å². The van der Waals surface area contributed by atoms with Gasteiger partial charge in [0.25, 0.3) is 0 Å². The van der Waals surface area contributed by atoms with E-state index in [-0.39, 0.29) is 18.0 Å². The first-order valence-electron chi connectivity index (χ1n) is 7.93. The van der Waals surface area contributed by atoms with Crippen molar-refractivity contribution in [2.45, 2.75) is 44.4 Å². The van der Waals surface area contributed by atoms with Gasteiger partial charge in [0.05, 0.1) is 6.04 Å². The van der Waals surface area contributed by atoms with E-state index < -0.39 is 0 Å². The van der Waals surface area contributed by atoms with E-state index in [4.69, 9.17) is 5.73 Å². The number of nitrogens with one attached hydrogen (secondary N) is 1. The molecule has 3 atom stereocenters. The Balaban J connectivity index is 1.81. The van der Waals surface area contributed by atoms with Crippen LogP contribution in [0.4, 0.5) is 0 Å². The summed E-state index contributed by atoms with van der Waals surface area (Å²) in [5, 5.41) is 3.12. The number of hydrogen-bond acceptors (Lipinski definition) is 4. The van der Waals surface area contributed by atoms with Crippen LogP contribution in [0.2, 0.25) is 0 Å². The second-order valence-electron chi connectivity index (χ2n) is 6.09. The highest BCUT2D eigenvalue weighted by Crippen LogP contribution is 2.20. The lowest BCUT2D eigenvalue weighted by atomic mass is 10.1. The molecule has 1 aliphatic heterocycles. The van der Waals surface area contributed by atoms with Gasteiger partial charge in [-0.2, -0.15) is 11.8 Å². The van der Waals surface area contributed by atoms with Crippen molar-refractivity contribution < 1.29 is 4.79 Å². The van der Waals surface area contributed by atoms with Gasteiger partial charge in [0, 0.05) is 25.2 Å². The summed E-state index contributed by atoms with van der Waals surface area (Å²) < 4.78 is 0. The van der Waals surface area contributed by atoms with Gasteiger partial charge in [-0.25, -0.2) is 0 Å². The Morgan fingerprint density at radius 2 is 2.18 bits per heavy atom. The quantitative estimate of drug-likeness (QED) is 0.805. The first-order valence-corrected chi connectivity index (χ1v) is 9.32. The lowest BCUT2D eigenvalue weighted by Gasteiger charge is -2.21. The smallest absolute Gasteiger partial charge is 0.237 e. The number of amides is 1. The number of carbonyl (C=O) groups excluding carboxylic acids is 1. The molecule has 0 bridgehead atoms. The van der Waals surface area contributed by atoms with Gasteiger partial charge in [-0.1, -0.05) is 30.3 Å². The van der Waals surface area contributed by atoms with Gasteiger partial charge in [0.1, 0.15) is 0 Å². The molecule has 2 rings (SSSR count). The Morgan fingerprint density at radius 1 is 1.45 bits per heavy atom. The van der Waals surface area contributed by atoms with Gasteiger partial charge in [-0.15, -0.1) is 0 Å². The Morgan fingerprint density at radius 3 is 2.86 bits per heavy atom. The molecule has 0 saturated carbocycles. The van der Waals surface area contributed by atoms with Crippen molar-refractivity contribution >= 4 is 17.7 Å². The molecule has 5 heteroatoms. The number of nitrogens with two attached hydrogens (primary N) is 1. The second-order valence-corrected chi connectivity index (χ2v) is 7.08. The number of nitrogens with zero attached hydrogens (tertiary/aromatic N) is 1. The van der Waals surface area contributed by atoms with Gasteiger partial charge in [-0.05, 0) is 37.3 Å². The van der Waals surface area contributed by atoms with Crippen LogP contribution in [-0.2, 0) is 11.3 Å². The van der Waals surface area contributed by atoms with Crippen LogP contribution in [0.5, 0.6) is 0 Å². The van der Waals surface area contributed by atoms with Crippen LogP contribution in [0, 0.1) is 0 Å². The van der Waals surface area contributed by atoms with Crippen LogP contribution in [0.1, 0.15) is 25.3 Å². The van der Waals surface area contributed by atoms with Gasteiger partial charge < -0.3 is 11.1 Å². The molecule has 1 aromatic rings. The van der Waals surface area contributed by atoms with E-state index in [1.165, 1.54) is 5.56 Å². The number of hydrogen-bond donors (Lipinski definition) is 2. The SMILES string of the molecule is CSCC[C@H](N)C(=O)NC1CC(C)N(Cc2ccccc2)C1. The van der Waals surface area contributed by atoms with Crippen LogP contribution in [0.3, 0.4) is 0 Å². The number of carbonyl (C=O) groups is 1. The zero-order valence-electron chi connectivity index (χ0n) is 13.5. The van der Waals surface area contributed by atoms with Crippen molar-refractivity contribution in [3.63, 3.8) is 0 Å². The molecule has 3 N–H and O–H groups in total. The lowest BCUT2D eigenvalue weighted by Crippen LogP contribution is -2.46. The highest BCUT2D eigenvalue weighted by molar-refractivity contribution is 7.98. The second kappa shape index (κ2) is 8.56. The number of rotatable bonds is 7. The summed E-state index contributed by atoms with van der Waals surface area (Å²) >= 11 is 1.72. The molecule has 4 nitrogen and oxygen atoms in total. The molecule has 1 aliphatic rings. The topological polar surface area (TPSA) is 58.4 Å². The van der Waals surface area contributed by atoms with Crippen LogP contribution in [0.15, 0.2) is 30.3 Å². The molecule has 1 aromatic carbocycles. The van der Waals surface area contributed by atoms with Crippen molar-refractivity contribution in [1.82, 2.24) is 10.2 Å². The molecule has 1 heterocycles. The Bertz CT molecular complexity index is 468. The number of benzene rings is 1. The Hall–Kier alpha value is -1.04. The highest BCUT2D eigenvalue weighted by atomic mass is 32.2. The minimum absolute atomic E-state index is 0.00666. The first kappa shape index (κ1) is 17.3. The van der Waals surface area contributed by atoms with Gasteiger partial charge in [0.15, 0.2) is 0 Å². The molecule has 122 valence electrons. The maximum absolute atomic E-state index is 12.1. The fourth-order valence-corrected chi connectivity index (χ4v) is 3.42. The third-order valence-electron chi connectivity index (χ3n) is 4.25. The Kier molecular flexibility index (Phi) is 6.73.